The molecule has 0 fully saturated rings. The van der Waals surface area contributed by atoms with Crippen LogP contribution in [-0.2, 0) is 14.8 Å². The zero-order chi connectivity index (χ0) is 20.7. The van der Waals surface area contributed by atoms with E-state index in [9.17, 15) is 13.2 Å². The fraction of sp³-hybridized carbons (Fsp3) is 0.350. The number of hydrogen-bond acceptors (Lipinski definition) is 4. The highest BCUT2D eigenvalue weighted by molar-refractivity contribution is 7.99. The van der Waals surface area contributed by atoms with Crippen LogP contribution in [0.15, 0.2) is 53.4 Å². The van der Waals surface area contributed by atoms with Crippen LogP contribution in [0.1, 0.15) is 18.9 Å². The summed E-state index contributed by atoms with van der Waals surface area (Å²) in [5.74, 6) is 0.373. The van der Waals surface area contributed by atoms with Crippen molar-refractivity contribution in [3.8, 4) is 0 Å². The second-order valence-electron chi connectivity index (χ2n) is 6.41. The SMILES string of the molecule is CCC(C(=O)NCCSc1ccc(Cl)cc1)N(c1ccc(C)cc1)S(C)(=O)=O. The number of benzene rings is 2. The monoisotopic (exact) mass is 440 g/mol. The third-order valence-electron chi connectivity index (χ3n) is 4.10. The van der Waals surface area contributed by atoms with Crippen LogP contribution in [0.25, 0.3) is 0 Å². The molecule has 0 bridgehead atoms. The summed E-state index contributed by atoms with van der Waals surface area (Å²) in [6.07, 6.45) is 1.50. The van der Waals surface area contributed by atoms with Gasteiger partial charge >= 0.3 is 0 Å². The standard InChI is InChI=1S/C20H25ClN2O3S2/c1-4-19(23(28(3,25)26)17-9-5-15(2)6-10-17)20(24)22-13-14-27-18-11-7-16(21)8-12-18/h5-12,19H,4,13-14H2,1-3H3,(H,22,24). The third-order valence-corrected chi connectivity index (χ3v) is 6.55. The quantitative estimate of drug-likeness (QED) is 0.471. The van der Waals surface area contributed by atoms with Gasteiger partial charge in [-0.2, -0.15) is 0 Å². The van der Waals surface area contributed by atoms with Crippen LogP contribution >= 0.6 is 23.4 Å². The number of sulfonamides is 1. The minimum Gasteiger partial charge on any atom is -0.353 e. The normalized spacial score (nSPS) is 12.4. The topological polar surface area (TPSA) is 66.5 Å². The van der Waals surface area contributed by atoms with Crippen molar-refractivity contribution in [2.45, 2.75) is 31.2 Å². The van der Waals surface area contributed by atoms with Gasteiger partial charge in [-0.1, -0.05) is 36.2 Å². The summed E-state index contributed by atoms with van der Waals surface area (Å²) in [7, 11) is -3.61. The number of rotatable bonds is 9. The van der Waals surface area contributed by atoms with E-state index in [0.717, 1.165) is 16.7 Å². The number of halogens is 1. The molecule has 28 heavy (non-hydrogen) atoms. The summed E-state index contributed by atoms with van der Waals surface area (Å²) in [6, 6.07) is 13.8. The van der Waals surface area contributed by atoms with E-state index in [2.05, 4.69) is 5.32 Å². The Hall–Kier alpha value is -1.70. The van der Waals surface area contributed by atoms with Gasteiger partial charge in [-0.15, -0.1) is 11.8 Å². The average molecular weight is 441 g/mol. The second kappa shape index (κ2) is 10.2. The molecule has 1 unspecified atom stereocenters. The Balaban J connectivity index is 2.02. The Kier molecular flexibility index (Phi) is 8.22. The fourth-order valence-electron chi connectivity index (χ4n) is 2.74. The maximum atomic E-state index is 12.7. The van der Waals surface area contributed by atoms with Crippen molar-refractivity contribution >= 4 is 45.0 Å². The first-order valence-electron chi connectivity index (χ1n) is 8.94. The van der Waals surface area contributed by atoms with E-state index in [1.807, 2.05) is 43.3 Å². The summed E-state index contributed by atoms with van der Waals surface area (Å²) in [5.41, 5.74) is 1.51. The smallest absolute Gasteiger partial charge is 0.243 e. The number of amides is 1. The molecular formula is C20H25ClN2O3S2. The van der Waals surface area contributed by atoms with Crippen molar-refractivity contribution in [1.82, 2.24) is 5.32 Å². The number of nitrogens with one attached hydrogen (secondary N) is 1. The molecule has 0 radical (unpaired) electrons. The molecule has 0 saturated heterocycles. The molecule has 0 saturated carbocycles. The first kappa shape index (κ1) is 22.6. The number of thioether (sulfide) groups is 1. The summed E-state index contributed by atoms with van der Waals surface area (Å²) >= 11 is 7.47. The predicted molar refractivity (Wildman–Crippen MR) is 118 cm³/mol. The number of carbonyl (C=O) groups excluding carboxylic acids is 1. The van der Waals surface area contributed by atoms with Gasteiger partial charge in [0.2, 0.25) is 15.9 Å². The van der Waals surface area contributed by atoms with Crippen molar-refractivity contribution in [2.75, 3.05) is 22.9 Å². The van der Waals surface area contributed by atoms with Crippen molar-refractivity contribution in [1.29, 1.82) is 0 Å². The molecule has 0 heterocycles. The Morgan fingerprint density at radius 3 is 2.29 bits per heavy atom. The largest absolute Gasteiger partial charge is 0.353 e. The van der Waals surface area contributed by atoms with Gasteiger partial charge in [-0.3, -0.25) is 9.10 Å². The highest BCUT2D eigenvalue weighted by atomic mass is 35.5. The van der Waals surface area contributed by atoms with Crippen LogP contribution in [0, 0.1) is 6.92 Å². The van der Waals surface area contributed by atoms with Crippen molar-refractivity contribution in [3.05, 3.63) is 59.1 Å². The first-order chi connectivity index (χ1) is 13.2. The minimum absolute atomic E-state index is 0.301. The number of hydrogen-bond donors (Lipinski definition) is 1. The lowest BCUT2D eigenvalue weighted by Crippen LogP contribution is -2.49. The predicted octanol–water partition coefficient (Wildman–Crippen LogP) is 4.10. The molecule has 1 atom stereocenters. The van der Waals surface area contributed by atoms with Gasteiger partial charge in [-0.25, -0.2) is 8.42 Å². The molecule has 2 aromatic carbocycles. The molecule has 8 heteroatoms. The molecule has 0 aliphatic carbocycles. The molecule has 5 nitrogen and oxygen atoms in total. The highest BCUT2D eigenvalue weighted by Gasteiger charge is 2.31. The molecule has 0 aliphatic rings. The maximum Gasteiger partial charge on any atom is 0.243 e. The van der Waals surface area contributed by atoms with E-state index in [4.69, 9.17) is 11.6 Å². The van der Waals surface area contributed by atoms with Crippen LogP contribution in [0.5, 0.6) is 0 Å². The number of anilines is 1. The molecule has 152 valence electrons. The molecule has 0 spiro atoms. The van der Waals surface area contributed by atoms with Gasteiger partial charge < -0.3 is 5.32 Å². The molecule has 2 aromatic rings. The summed E-state index contributed by atoms with van der Waals surface area (Å²) in [4.78, 5) is 13.8. The van der Waals surface area contributed by atoms with Gasteiger partial charge in [0.15, 0.2) is 0 Å². The Labute approximate surface area is 176 Å². The van der Waals surface area contributed by atoms with E-state index in [1.165, 1.54) is 4.31 Å². The van der Waals surface area contributed by atoms with Gasteiger partial charge in [-0.05, 0) is 49.7 Å². The highest BCUT2D eigenvalue weighted by Crippen LogP contribution is 2.23. The third kappa shape index (κ3) is 6.43. The fourth-order valence-corrected chi connectivity index (χ4v) is 4.85. The number of aryl methyl sites for hydroxylation is 1. The second-order valence-corrected chi connectivity index (χ2v) is 9.88. The van der Waals surface area contributed by atoms with Crippen molar-refractivity contribution < 1.29 is 13.2 Å². The molecule has 1 amide bonds. The van der Waals surface area contributed by atoms with Gasteiger partial charge in [0.25, 0.3) is 0 Å². The van der Waals surface area contributed by atoms with Crippen molar-refractivity contribution in [2.24, 2.45) is 0 Å². The average Bonchev–Trinajstić information content (AvgIpc) is 2.64. The molecular weight excluding hydrogens is 416 g/mol. The van der Waals surface area contributed by atoms with Gasteiger partial charge in [0, 0.05) is 22.2 Å². The van der Waals surface area contributed by atoms with Crippen molar-refractivity contribution in [3.63, 3.8) is 0 Å². The lowest BCUT2D eigenvalue weighted by Gasteiger charge is -2.30. The zero-order valence-electron chi connectivity index (χ0n) is 16.2. The first-order valence-corrected chi connectivity index (χ1v) is 12.2. The summed E-state index contributed by atoms with van der Waals surface area (Å²) in [6.45, 7) is 4.17. The molecule has 0 aromatic heterocycles. The van der Waals surface area contributed by atoms with E-state index >= 15 is 0 Å². The Morgan fingerprint density at radius 2 is 1.75 bits per heavy atom. The van der Waals surface area contributed by atoms with Crippen LogP contribution in [0.4, 0.5) is 5.69 Å². The lowest BCUT2D eigenvalue weighted by molar-refractivity contribution is -0.122. The van der Waals surface area contributed by atoms with E-state index < -0.39 is 16.1 Å². The van der Waals surface area contributed by atoms with E-state index in [0.29, 0.717) is 29.4 Å². The lowest BCUT2D eigenvalue weighted by atomic mass is 10.1. The minimum atomic E-state index is -3.61. The number of carbonyl (C=O) groups is 1. The van der Waals surface area contributed by atoms with E-state index in [1.54, 1.807) is 30.8 Å². The summed E-state index contributed by atoms with van der Waals surface area (Å²) < 4.78 is 26.0. The maximum absolute atomic E-state index is 12.7. The molecule has 0 aliphatic heterocycles. The summed E-state index contributed by atoms with van der Waals surface area (Å²) in [5, 5.41) is 3.54. The van der Waals surface area contributed by atoms with Crippen LogP contribution < -0.4 is 9.62 Å². The van der Waals surface area contributed by atoms with Crippen LogP contribution in [-0.4, -0.2) is 38.9 Å². The van der Waals surface area contributed by atoms with Gasteiger partial charge in [0.1, 0.15) is 6.04 Å². The van der Waals surface area contributed by atoms with Crippen LogP contribution in [0.3, 0.4) is 0 Å². The molecule has 2 rings (SSSR count). The zero-order valence-corrected chi connectivity index (χ0v) is 18.6. The van der Waals surface area contributed by atoms with Gasteiger partial charge in [0.05, 0.1) is 11.9 Å². The van der Waals surface area contributed by atoms with Crippen LogP contribution in [0.2, 0.25) is 5.02 Å². The molecule has 1 N–H and O–H groups in total. The van der Waals surface area contributed by atoms with E-state index in [-0.39, 0.29) is 5.91 Å². The number of nitrogens with zero attached hydrogens (tertiary/aromatic N) is 1. The Morgan fingerprint density at radius 1 is 1.14 bits per heavy atom. The Bertz CT molecular complexity index is 885.